The van der Waals surface area contributed by atoms with Crippen molar-refractivity contribution in [1.29, 1.82) is 0 Å². The molecule has 37 heavy (non-hydrogen) atoms. The van der Waals surface area contributed by atoms with Gasteiger partial charge in [-0.25, -0.2) is 14.8 Å². The Kier molecular flexibility index (Phi) is 5.42. The van der Waals surface area contributed by atoms with Crippen LogP contribution in [0.2, 0.25) is 0 Å². The van der Waals surface area contributed by atoms with Gasteiger partial charge in [-0.2, -0.15) is 0 Å². The number of aromatic nitrogens is 3. The maximum atomic E-state index is 12.4. The van der Waals surface area contributed by atoms with Gasteiger partial charge in [0.25, 0.3) is 0 Å². The average Bonchev–Trinajstić information content (AvgIpc) is 3.11. The van der Waals surface area contributed by atoms with E-state index in [4.69, 9.17) is 4.98 Å². The van der Waals surface area contributed by atoms with Crippen LogP contribution in [0.25, 0.3) is 28.3 Å². The van der Waals surface area contributed by atoms with Crippen LogP contribution in [0, 0.1) is 0 Å². The van der Waals surface area contributed by atoms with E-state index in [-0.39, 0.29) is 0 Å². The van der Waals surface area contributed by atoms with Crippen molar-refractivity contribution < 1.29 is 9.90 Å². The molecule has 0 atom stereocenters. The van der Waals surface area contributed by atoms with Crippen molar-refractivity contribution in [2.75, 3.05) is 5.32 Å². The third-order valence-corrected chi connectivity index (χ3v) is 8.00. The van der Waals surface area contributed by atoms with Crippen LogP contribution in [0.15, 0.2) is 71.5 Å². The predicted octanol–water partition coefficient (Wildman–Crippen LogP) is 7.58. The van der Waals surface area contributed by atoms with Crippen molar-refractivity contribution in [3.8, 4) is 28.3 Å². The van der Waals surface area contributed by atoms with Crippen LogP contribution in [0.1, 0.15) is 45.6 Å². The summed E-state index contributed by atoms with van der Waals surface area (Å²) in [5, 5.41) is 13.6. The smallest absolute Gasteiger partial charge is 0.408 e. The average molecular weight is 558 g/mol. The largest absolute Gasteiger partial charge is 0.465 e. The van der Waals surface area contributed by atoms with E-state index in [0.717, 1.165) is 69.3 Å². The molecule has 0 unspecified atom stereocenters. The second-order valence-corrected chi connectivity index (χ2v) is 11.5. The summed E-state index contributed by atoms with van der Waals surface area (Å²) in [5.74, 6) is 1.58. The van der Waals surface area contributed by atoms with Crippen LogP contribution in [0.4, 0.5) is 16.3 Å². The van der Waals surface area contributed by atoms with Gasteiger partial charge in [0.1, 0.15) is 10.4 Å². The van der Waals surface area contributed by atoms with E-state index < -0.39 is 17.2 Å². The zero-order valence-corrected chi connectivity index (χ0v) is 22.6. The van der Waals surface area contributed by atoms with Crippen LogP contribution in [-0.2, 0) is 5.54 Å². The Balaban J connectivity index is 1.50. The predicted molar refractivity (Wildman–Crippen MR) is 148 cm³/mol. The molecular weight excluding hydrogens is 530 g/mol. The van der Waals surface area contributed by atoms with Crippen LogP contribution in [0.3, 0.4) is 0 Å². The molecule has 6 rings (SSSR count). The van der Waals surface area contributed by atoms with Crippen molar-refractivity contribution in [2.45, 2.75) is 51.1 Å². The van der Waals surface area contributed by atoms with Gasteiger partial charge in [0.15, 0.2) is 5.82 Å². The number of hydrogen-bond acceptors (Lipinski definition) is 4. The van der Waals surface area contributed by atoms with E-state index in [2.05, 4.69) is 61.1 Å². The topological polar surface area (TPSA) is 83.3 Å². The first-order valence-electron chi connectivity index (χ1n) is 12.4. The number of para-hydroxylation sites is 1. The number of rotatable bonds is 3. The van der Waals surface area contributed by atoms with E-state index >= 15 is 0 Å². The van der Waals surface area contributed by atoms with Gasteiger partial charge in [-0.1, -0.05) is 36.4 Å². The number of nitrogens with zero attached hydrogens (tertiary/aromatic N) is 4. The molecule has 1 fully saturated rings. The highest BCUT2D eigenvalue weighted by molar-refractivity contribution is 9.10. The third-order valence-electron chi connectivity index (χ3n) is 7.45. The van der Waals surface area contributed by atoms with Crippen molar-refractivity contribution in [1.82, 2.24) is 19.4 Å². The first-order chi connectivity index (χ1) is 17.7. The fraction of sp³-hybridized carbons (Fsp3) is 0.276. The Bertz CT molecular complexity index is 1520. The number of pyridine rings is 1. The number of fused-ring (bicyclic) bond motifs is 5. The molecule has 8 heteroatoms. The van der Waals surface area contributed by atoms with Crippen LogP contribution in [-0.4, -0.2) is 36.2 Å². The first-order valence-corrected chi connectivity index (χ1v) is 13.2. The molecule has 0 saturated heterocycles. The Morgan fingerprint density at radius 2 is 1.81 bits per heavy atom. The van der Waals surface area contributed by atoms with Crippen LogP contribution < -0.4 is 5.32 Å². The molecule has 4 aromatic rings. The highest BCUT2D eigenvalue weighted by Crippen LogP contribution is 2.50. The number of imidazole rings is 1. The second-order valence-electron chi connectivity index (χ2n) is 10.7. The molecule has 7 nitrogen and oxygen atoms in total. The van der Waals surface area contributed by atoms with Gasteiger partial charge in [0.05, 0.1) is 22.6 Å². The van der Waals surface area contributed by atoms with Crippen molar-refractivity contribution in [2.24, 2.45) is 0 Å². The Hall–Kier alpha value is -3.65. The van der Waals surface area contributed by atoms with Gasteiger partial charge in [-0.15, -0.1) is 0 Å². The SMILES string of the molecule is CC(C)(C)N(C(=O)O)C1(c2ccc(-c3c(Br)nc4n3-c3cccnc3Nc3ccccc3-4)cc2)CCC1. The summed E-state index contributed by atoms with van der Waals surface area (Å²) in [6.45, 7) is 5.89. The van der Waals surface area contributed by atoms with Gasteiger partial charge in [0, 0.05) is 22.9 Å². The number of hydrogen-bond donors (Lipinski definition) is 2. The highest BCUT2D eigenvalue weighted by atomic mass is 79.9. The number of anilines is 2. The highest BCUT2D eigenvalue weighted by Gasteiger charge is 2.50. The number of nitrogens with one attached hydrogen (secondary N) is 1. The summed E-state index contributed by atoms with van der Waals surface area (Å²) in [6, 6.07) is 20.4. The molecule has 188 valence electrons. The standard InChI is InChI=1S/C29H28BrN5O2/c1-28(2,3)35(27(36)37)29(15-7-16-29)19-13-11-18(12-14-19)23-24(30)33-26-20-8-4-5-9-21(20)32-25-22(34(23)26)10-6-17-31-25/h4-6,8-14,17H,7,15-16H2,1-3H3,(H,31,32)(H,36,37). The number of carbonyl (C=O) groups is 1. The number of amides is 1. The molecule has 1 aliphatic carbocycles. The lowest BCUT2D eigenvalue weighted by Gasteiger charge is -2.54. The zero-order chi connectivity index (χ0) is 25.9. The molecule has 1 saturated carbocycles. The van der Waals surface area contributed by atoms with E-state index in [1.165, 1.54) is 0 Å². The summed E-state index contributed by atoms with van der Waals surface area (Å²) in [5.41, 5.74) is 4.76. The van der Waals surface area contributed by atoms with Crippen molar-refractivity contribution >= 4 is 33.5 Å². The summed E-state index contributed by atoms with van der Waals surface area (Å²) >= 11 is 3.74. The number of benzene rings is 2. The molecule has 2 aliphatic rings. The summed E-state index contributed by atoms with van der Waals surface area (Å²) in [6.07, 6.45) is 3.56. The van der Waals surface area contributed by atoms with Gasteiger partial charge < -0.3 is 10.4 Å². The van der Waals surface area contributed by atoms with Gasteiger partial charge >= 0.3 is 6.09 Å². The van der Waals surface area contributed by atoms with E-state index in [0.29, 0.717) is 0 Å². The molecular formula is C29H28BrN5O2. The van der Waals surface area contributed by atoms with E-state index in [9.17, 15) is 9.90 Å². The fourth-order valence-corrected chi connectivity index (χ4v) is 6.42. The number of carboxylic acid groups (broad SMARTS) is 1. The Labute approximate surface area is 224 Å². The summed E-state index contributed by atoms with van der Waals surface area (Å²) in [4.78, 5) is 23.6. The maximum absolute atomic E-state index is 12.4. The molecule has 1 amide bonds. The minimum Gasteiger partial charge on any atom is -0.465 e. The lowest BCUT2D eigenvalue weighted by molar-refractivity contribution is -0.0328. The minimum atomic E-state index is -0.879. The van der Waals surface area contributed by atoms with Crippen molar-refractivity contribution in [3.05, 3.63) is 77.0 Å². The number of halogens is 1. The fourth-order valence-electron chi connectivity index (χ4n) is 5.85. The lowest BCUT2D eigenvalue weighted by atomic mass is 9.69. The molecule has 2 N–H and O–H groups in total. The molecule has 1 aliphatic heterocycles. The van der Waals surface area contributed by atoms with Crippen LogP contribution in [0.5, 0.6) is 0 Å². The summed E-state index contributed by atoms with van der Waals surface area (Å²) in [7, 11) is 0. The van der Waals surface area contributed by atoms with Crippen molar-refractivity contribution in [3.63, 3.8) is 0 Å². The molecule has 3 heterocycles. The van der Waals surface area contributed by atoms with Crippen LogP contribution >= 0.6 is 15.9 Å². The molecule has 0 radical (unpaired) electrons. The summed E-state index contributed by atoms with van der Waals surface area (Å²) < 4.78 is 2.87. The Morgan fingerprint density at radius 3 is 2.46 bits per heavy atom. The monoisotopic (exact) mass is 557 g/mol. The first kappa shape index (κ1) is 23.7. The Morgan fingerprint density at radius 1 is 1.08 bits per heavy atom. The second kappa shape index (κ2) is 8.45. The normalized spacial score (nSPS) is 15.4. The van der Waals surface area contributed by atoms with Gasteiger partial charge in [0.2, 0.25) is 0 Å². The maximum Gasteiger partial charge on any atom is 0.408 e. The lowest BCUT2D eigenvalue weighted by Crippen LogP contribution is -2.60. The van der Waals surface area contributed by atoms with E-state index in [1.807, 2.05) is 51.1 Å². The molecule has 2 aromatic carbocycles. The van der Waals surface area contributed by atoms with Gasteiger partial charge in [-0.3, -0.25) is 9.47 Å². The minimum absolute atomic E-state index is 0.506. The quantitative estimate of drug-likeness (QED) is 0.239. The zero-order valence-electron chi connectivity index (χ0n) is 21.0. The molecule has 2 aromatic heterocycles. The van der Waals surface area contributed by atoms with E-state index in [1.54, 1.807) is 11.1 Å². The molecule has 0 spiro atoms. The molecule has 0 bridgehead atoms. The van der Waals surface area contributed by atoms with Gasteiger partial charge in [-0.05, 0) is 85.8 Å². The third kappa shape index (κ3) is 3.65.